The summed E-state index contributed by atoms with van der Waals surface area (Å²) in [6, 6.07) is 9.84. The molecule has 146 valence electrons. The predicted octanol–water partition coefficient (Wildman–Crippen LogP) is 2.83. The van der Waals surface area contributed by atoms with Crippen LogP contribution in [0.2, 0.25) is 0 Å². The van der Waals surface area contributed by atoms with Crippen LogP contribution in [0.5, 0.6) is 0 Å². The minimum Gasteiger partial charge on any atom is -0.348 e. The van der Waals surface area contributed by atoms with Crippen molar-refractivity contribution in [3.05, 3.63) is 67.7 Å². The minimum absolute atomic E-state index is 0.0247. The van der Waals surface area contributed by atoms with E-state index in [2.05, 4.69) is 11.4 Å². The number of thiophene rings is 1. The summed E-state index contributed by atoms with van der Waals surface area (Å²) in [5.74, 6) is -0.211. The van der Waals surface area contributed by atoms with Gasteiger partial charge >= 0.3 is 5.69 Å². The second kappa shape index (κ2) is 7.75. The van der Waals surface area contributed by atoms with E-state index in [1.165, 1.54) is 26.0 Å². The third kappa shape index (κ3) is 3.30. The number of unbranched alkanes of at least 4 members (excludes halogenated alkanes) is 1. The Morgan fingerprint density at radius 1 is 1.21 bits per heavy atom. The van der Waals surface area contributed by atoms with Gasteiger partial charge in [-0.1, -0.05) is 37.6 Å². The Hall–Kier alpha value is -2.67. The Kier molecular flexibility index (Phi) is 5.17. The Balaban J connectivity index is 1.63. The SMILES string of the molecule is CCCCn1c(=O)c2sccc2n(CC(=O)N[C@@H]2CCc3ccccc32)c1=O. The van der Waals surface area contributed by atoms with Gasteiger partial charge in [-0.2, -0.15) is 0 Å². The molecule has 0 fully saturated rings. The second-order valence-electron chi connectivity index (χ2n) is 7.17. The molecule has 0 unspecified atom stereocenters. The Morgan fingerprint density at radius 3 is 2.86 bits per heavy atom. The van der Waals surface area contributed by atoms with Crippen LogP contribution in [-0.2, 0) is 24.3 Å². The number of hydrogen-bond donors (Lipinski definition) is 1. The highest BCUT2D eigenvalue weighted by atomic mass is 32.1. The zero-order valence-electron chi connectivity index (χ0n) is 15.8. The normalized spacial score (nSPS) is 15.7. The molecule has 1 N–H and O–H groups in total. The topological polar surface area (TPSA) is 73.1 Å². The molecule has 1 aromatic carbocycles. The number of fused-ring (bicyclic) bond motifs is 2. The number of hydrogen-bond acceptors (Lipinski definition) is 4. The average Bonchev–Trinajstić information content (AvgIpc) is 3.33. The first-order chi connectivity index (χ1) is 13.6. The van der Waals surface area contributed by atoms with Crippen molar-refractivity contribution in [2.75, 3.05) is 0 Å². The van der Waals surface area contributed by atoms with E-state index in [4.69, 9.17) is 0 Å². The number of aromatic nitrogens is 2. The minimum atomic E-state index is -0.411. The molecule has 1 aliphatic carbocycles. The lowest BCUT2D eigenvalue weighted by Crippen LogP contribution is -2.42. The molecule has 2 aromatic heterocycles. The quantitative estimate of drug-likeness (QED) is 0.695. The van der Waals surface area contributed by atoms with Gasteiger partial charge < -0.3 is 5.32 Å². The molecular weight excluding hydrogens is 374 g/mol. The Labute approximate surface area is 166 Å². The van der Waals surface area contributed by atoms with Gasteiger partial charge in [-0.05, 0) is 41.8 Å². The van der Waals surface area contributed by atoms with Gasteiger partial charge in [-0.15, -0.1) is 11.3 Å². The van der Waals surface area contributed by atoms with Crippen LogP contribution in [0.3, 0.4) is 0 Å². The molecule has 1 atom stereocenters. The van der Waals surface area contributed by atoms with Crippen molar-refractivity contribution in [3.63, 3.8) is 0 Å². The van der Waals surface area contributed by atoms with Gasteiger partial charge in [0.2, 0.25) is 5.91 Å². The van der Waals surface area contributed by atoms with E-state index in [0.717, 1.165) is 31.2 Å². The van der Waals surface area contributed by atoms with Crippen molar-refractivity contribution in [3.8, 4) is 0 Å². The van der Waals surface area contributed by atoms with Crippen molar-refractivity contribution in [2.45, 2.75) is 51.7 Å². The number of nitrogens with zero attached hydrogens (tertiary/aromatic N) is 2. The molecule has 0 aliphatic heterocycles. The largest absolute Gasteiger partial charge is 0.348 e. The van der Waals surface area contributed by atoms with Crippen LogP contribution in [0.15, 0.2) is 45.3 Å². The van der Waals surface area contributed by atoms with Crippen molar-refractivity contribution < 1.29 is 4.79 Å². The number of amides is 1. The molecule has 3 aromatic rings. The summed E-state index contributed by atoms with van der Waals surface area (Å²) in [6.07, 6.45) is 3.44. The number of aryl methyl sites for hydroxylation is 1. The summed E-state index contributed by atoms with van der Waals surface area (Å²) in [4.78, 5) is 38.3. The molecule has 2 heterocycles. The fourth-order valence-corrected chi connectivity index (χ4v) is 4.73. The van der Waals surface area contributed by atoms with Crippen molar-refractivity contribution in [1.82, 2.24) is 14.5 Å². The zero-order valence-corrected chi connectivity index (χ0v) is 16.6. The van der Waals surface area contributed by atoms with E-state index in [1.807, 2.05) is 25.1 Å². The van der Waals surface area contributed by atoms with Crippen molar-refractivity contribution in [1.29, 1.82) is 0 Å². The monoisotopic (exact) mass is 397 g/mol. The van der Waals surface area contributed by atoms with Crippen LogP contribution < -0.4 is 16.6 Å². The lowest BCUT2D eigenvalue weighted by atomic mass is 10.1. The summed E-state index contributed by atoms with van der Waals surface area (Å²) >= 11 is 1.31. The first-order valence-corrected chi connectivity index (χ1v) is 10.6. The van der Waals surface area contributed by atoms with Gasteiger partial charge in [-0.25, -0.2) is 4.79 Å². The summed E-state index contributed by atoms with van der Waals surface area (Å²) in [5.41, 5.74) is 2.28. The Bertz CT molecular complexity index is 1140. The van der Waals surface area contributed by atoms with Crippen molar-refractivity contribution in [2.24, 2.45) is 0 Å². The van der Waals surface area contributed by atoms with E-state index < -0.39 is 5.69 Å². The number of nitrogens with one attached hydrogen (secondary N) is 1. The van der Waals surface area contributed by atoms with Gasteiger partial charge in [0, 0.05) is 6.54 Å². The van der Waals surface area contributed by atoms with Gasteiger partial charge in [-0.3, -0.25) is 18.7 Å². The maximum Gasteiger partial charge on any atom is 0.332 e. The third-order valence-electron chi connectivity index (χ3n) is 5.34. The molecule has 28 heavy (non-hydrogen) atoms. The molecule has 0 bridgehead atoms. The highest BCUT2D eigenvalue weighted by molar-refractivity contribution is 7.17. The van der Waals surface area contributed by atoms with Gasteiger partial charge in [0.25, 0.3) is 5.56 Å². The Morgan fingerprint density at radius 2 is 2.04 bits per heavy atom. The zero-order chi connectivity index (χ0) is 19.7. The standard InChI is InChI=1S/C21H23N3O3S/c1-2-3-11-23-20(26)19-17(10-12-28-19)24(21(23)27)13-18(25)22-16-9-8-14-6-4-5-7-15(14)16/h4-7,10,12,16H,2-3,8-9,11,13H2,1H3,(H,22,25)/t16-/m1/s1. The summed E-state index contributed by atoms with van der Waals surface area (Å²) in [7, 11) is 0. The highest BCUT2D eigenvalue weighted by Crippen LogP contribution is 2.30. The molecule has 1 aliphatic rings. The van der Waals surface area contributed by atoms with Crippen molar-refractivity contribution >= 4 is 27.5 Å². The molecule has 1 amide bonds. The predicted molar refractivity (Wildman–Crippen MR) is 111 cm³/mol. The molecule has 4 rings (SSSR count). The van der Waals surface area contributed by atoms with E-state index >= 15 is 0 Å². The summed E-state index contributed by atoms with van der Waals surface area (Å²) in [5, 5.41) is 4.85. The fraction of sp³-hybridized carbons (Fsp3) is 0.381. The molecule has 0 radical (unpaired) electrons. The van der Waals surface area contributed by atoms with Crippen LogP contribution in [0.1, 0.15) is 43.4 Å². The van der Waals surface area contributed by atoms with Gasteiger partial charge in [0.1, 0.15) is 11.2 Å². The average molecular weight is 398 g/mol. The smallest absolute Gasteiger partial charge is 0.332 e. The number of rotatable bonds is 6. The molecule has 0 saturated carbocycles. The number of carbonyl (C=O) groups is 1. The van der Waals surface area contributed by atoms with Crippen LogP contribution in [0.4, 0.5) is 0 Å². The second-order valence-corrected chi connectivity index (χ2v) is 8.09. The lowest BCUT2D eigenvalue weighted by molar-refractivity contribution is -0.122. The van der Waals surface area contributed by atoms with Crippen LogP contribution in [-0.4, -0.2) is 15.0 Å². The summed E-state index contributed by atoms with van der Waals surface area (Å²) in [6.45, 7) is 2.30. The first-order valence-electron chi connectivity index (χ1n) is 9.68. The third-order valence-corrected chi connectivity index (χ3v) is 6.23. The van der Waals surface area contributed by atoms with Gasteiger partial charge in [0.15, 0.2) is 0 Å². The van der Waals surface area contributed by atoms with E-state index in [1.54, 1.807) is 11.4 Å². The van der Waals surface area contributed by atoms with E-state index in [9.17, 15) is 14.4 Å². The first kappa shape index (κ1) is 18.7. The maximum absolute atomic E-state index is 12.9. The number of carbonyl (C=O) groups excluding carboxylic acids is 1. The van der Waals surface area contributed by atoms with Crippen LogP contribution in [0.25, 0.3) is 10.2 Å². The van der Waals surface area contributed by atoms with Gasteiger partial charge in [0.05, 0.1) is 11.6 Å². The van der Waals surface area contributed by atoms with Crippen LogP contribution >= 0.6 is 11.3 Å². The molecule has 6 nitrogen and oxygen atoms in total. The lowest BCUT2D eigenvalue weighted by Gasteiger charge is -2.16. The van der Waals surface area contributed by atoms with E-state index in [0.29, 0.717) is 16.8 Å². The fourth-order valence-electron chi connectivity index (χ4n) is 3.89. The van der Waals surface area contributed by atoms with Crippen LogP contribution in [0, 0.1) is 0 Å². The summed E-state index contributed by atoms with van der Waals surface area (Å²) < 4.78 is 3.22. The molecular formula is C21H23N3O3S. The molecule has 7 heteroatoms. The number of benzene rings is 1. The molecule has 0 saturated heterocycles. The molecule has 0 spiro atoms. The maximum atomic E-state index is 12.9. The highest BCUT2D eigenvalue weighted by Gasteiger charge is 2.24. The van der Waals surface area contributed by atoms with E-state index in [-0.39, 0.29) is 24.1 Å².